The van der Waals surface area contributed by atoms with Gasteiger partial charge in [-0.15, -0.1) is 0 Å². The van der Waals surface area contributed by atoms with Crippen LogP contribution in [0.5, 0.6) is 0 Å². The van der Waals surface area contributed by atoms with E-state index in [4.69, 9.17) is 23.2 Å². The van der Waals surface area contributed by atoms with Crippen molar-refractivity contribution in [3.63, 3.8) is 0 Å². The van der Waals surface area contributed by atoms with Crippen LogP contribution in [0.2, 0.25) is 10.0 Å². The number of non-ortho nitro benzene ring substituents is 1. The molecule has 0 aliphatic rings. The Morgan fingerprint density at radius 1 is 1.19 bits per heavy atom. The maximum absolute atomic E-state index is 12.9. The normalized spacial score (nSPS) is 11.7. The molecule has 0 saturated heterocycles. The first-order valence-electron chi connectivity index (χ1n) is 5.72. The summed E-state index contributed by atoms with van der Waals surface area (Å²) in [6, 6.07) is 9.61. The Morgan fingerprint density at radius 2 is 1.71 bits per heavy atom. The summed E-state index contributed by atoms with van der Waals surface area (Å²) in [7, 11) is 0. The molecule has 0 aliphatic heterocycles. The Morgan fingerprint density at radius 3 is 2.14 bits per heavy atom. The smallest absolute Gasteiger partial charge is 0.258 e. The second-order valence-corrected chi connectivity index (χ2v) is 5.01. The molecule has 0 aromatic heterocycles. The molecule has 1 unspecified atom stereocenters. The second kappa shape index (κ2) is 6.08. The van der Waals surface area contributed by atoms with Gasteiger partial charge in [-0.1, -0.05) is 35.3 Å². The van der Waals surface area contributed by atoms with E-state index in [-0.39, 0.29) is 21.3 Å². The molecule has 106 valence electrons. The molecule has 4 nitrogen and oxygen atoms in total. The van der Waals surface area contributed by atoms with Gasteiger partial charge in [0.25, 0.3) is 5.69 Å². The molecule has 0 aliphatic carbocycles. The highest BCUT2D eigenvalue weighted by Gasteiger charge is 2.23. The van der Waals surface area contributed by atoms with Crippen molar-refractivity contribution in [3.8, 4) is 6.07 Å². The van der Waals surface area contributed by atoms with Gasteiger partial charge in [0, 0.05) is 17.7 Å². The van der Waals surface area contributed by atoms with E-state index >= 15 is 0 Å². The first kappa shape index (κ1) is 15.2. The van der Waals surface area contributed by atoms with Gasteiger partial charge >= 0.3 is 0 Å². The maximum Gasteiger partial charge on any atom is 0.272 e. The molecule has 0 radical (unpaired) electrons. The summed E-state index contributed by atoms with van der Waals surface area (Å²) in [5.74, 6) is -1.28. The molecule has 0 heterocycles. The molecule has 0 bridgehead atoms. The van der Waals surface area contributed by atoms with Gasteiger partial charge in [0.15, 0.2) is 0 Å². The highest BCUT2D eigenvalue weighted by Crippen LogP contribution is 2.38. The molecule has 0 spiro atoms. The van der Waals surface area contributed by atoms with E-state index in [0.717, 1.165) is 12.1 Å². The summed E-state index contributed by atoms with van der Waals surface area (Å²) in [6.07, 6.45) is 0. The third-order valence-electron chi connectivity index (χ3n) is 2.90. The SMILES string of the molecule is N#CC(c1ccc(F)cc1)c1c(Cl)cc([N+](=O)[O-])cc1Cl. The number of nitriles is 1. The Hall–Kier alpha value is -2.16. The minimum absolute atomic E-state index is 0.0186. The summed E-state index contributed by atoms with van der Waals surface area (Å²) >= 11 is 12.0. The zero-order valence-electron chi connectivity index (χ0n) is 10.4. The van der Waals surface area contributed by atoms with Crippen molar-refractivity contribution in [2.45, 2.75) is 5.92 Å². The third kappa shape index (κ3) is 3.13. The highest BCUT2D eigenvalue weighted by molar-refractivity contribution is 6.36. The topological polar surface area (TPSA) is 66.9 Å². The number of nitrogens with zero attached hydrogens (tertiary/aromatic N) is 2. The summed E-state index contributed by atoms with van der Waals surface area (Å²) in [4.78, 5) is 10.1. The lowest BCUT2D eigenvalue weighted by molar-refractivity contribution is -0.384. The van der Waals surface area contributed by atoms with E-state index in [1.807, 2.05) is 6.07 Å². The lowest BCUT2D eigenvalue weighted by Gasteiger charge is -2.13. The fraction of sp³-hybridized carbons (Fsp3) is 0.0714. The molecule has 21 heavy (non-hydrogen) atoms. The predicted octanol–water partition coefficient (Wildman–Crippen LogP) is 4.70. The first-order chi connectivity index (χ1) is 9.93. The van der Waals surface area contributed by atoms with Gasteiger partial charge in [-0.25, -0.2) is 4.39 Å². The monoisotopic (exact) mass is 324 g/mol. The van der Waals surface area contributed by atoms with E-state index in [1.165, 1.54) is 24.3 Å². The Balaban J connectivity index is 2.56. The van der Waals surface area contributed by atoms with Crippen molar-refractivity contribution in [1.29, 1.82) is 5.26 Å². The van der Waals surface area contributed by atoms with Gasteiger partial charge in [-0.05, 0) is 17.7 Å². The van der Waals surface area contributed by atoms with Crippen LogP contribution in [0.15, 0.2) is 36.4 Å². The lowest BCUT2D eigenvalue weighted by atomic mass is 9.92. The van der Waals surface area contributed by atoms with E-state index in [9.17, 15) is 19.8 Å². The standard InChI is InChI=1S/C14H7Cl2FN2O2/c15-12-5-10(19(20)21)6-13(16)14(12)11(7-18)8-1-3-9(17)4-2-8/h1-6,11H. The van der Waals surface area contributed by atoms with Gasteiger partial charge < -0.3 is 0 Å². The van der Waals surface area contributed by atoms with Crippen molar-refractivity contribution in [3.05, 3.63) is 73.5 Å². The van der Waals surface area contributed by atoms with Crippen LogP contribution in [0.3, 0.4) is 0 Å². The number of rotatable bonds is 3. The fourth-order valence-electron chi connectivity index (χ4n) is 1.91. The van der Waals surface area contributed by atoms with Crippen LogP contribution < -0.4 is 0 Å². The predicted molar refractivity (Wildman–Crippen MR) is 77.0 cm³/mol. The summed E-state index contributed by atoms with van der Waals surface area (Å²) < 4.78 is 12.9. The van der Waals surface area contributed by atoms with Crippen molar-refractivity contribution in [1.82, 2.24) is 0 Å². The molecule has 7 heteroatoms. The molecule has 0 N–H and O–H groups in total. The largest absolute Gasteiger partial charge is 0.272 e. The second-order valence-electron chi connectivity index (χ2n) is 4.19. The lowest BCUT2D eigenvalue weighted by Crippen LogP contribution is -2.01. The zero-order chi connectivity index (χ0) is 15.6. The minimum atomic E-state index is -0.841. The summed E-state index contributed by atoms with van der Waals surface area (Å²) in [5.41, 5.74) is 0.499. The molecule has 2 rings (SSSR count). The number of halogens is 3. The van der Waals surface area contributed by atoms with Crippen LogP contribution in [0.25, 0.3) is 0 Å². The van der Waals surface area contributed by atoms with Crippen molar-refractivity contribution in [2.24, 2.45) is 0 Å². The average molecular weight is 325 g/mol. The fourth-order valence-corrected chi connectivity index (χ4v) is 2.61. The van der Waals surface area contributed by atoms with Crippen molar-refractivity contribution < 1.29 is 9.31 Å². The van der Waals surface area contributed by atoms with Crippen LogP contribution in [0.1, 0.15) is 17.0 Å². The summed E-state index contributed by atoms with van der Waals surface area (Å²) in [6.45, 7) is 0. The molecular weight excluding hydrogens is 318 g/mol. The van der Waals surface area contributed by atoms with Gasteiger partial charge in [-0.3, -0.25) is 10.1 Å². The number of hydrogen-bond acceptors (Lipinski definition) is 3. The van der Waals surface area contributed by atoms with E-state index in [1.54, 1.807) is 0 Å². The zero-order valence-corrected chi connectivity index (χ0v) is 11.9. The van der Waals surface area contributed by atoms with E-state index < -0.39 is 16.7 Å². The van der Waals surface area contributed by atoms with Crippen LogP contribution in [-0.4, -0.2) is 4.92 Å². The van der Waals surface area contributed by atoms with Crippen molar-refractivity contribution in [2.75, 3.05) is 0 Å². The summed E-state index contributed by atoms with van der Waals surface area (Å²) in [5, 5.41) is 20.1. The highest BCUT2D eigenvalue weighted by atomic mass is 35.5. The number of nitro benzene ring substituents is 1. The maximum atomic E-state index is 12.9. The van der Waals surface area contributed by atoms with Crippen LogP contribution >= 0.6 is 23.2 Å². The number of nitro groups is 1. The average Bonchev–Trinajstić information content (AvgIpc) is 2.43. The van der Waals surface area contributed by atoms with Crippen LogP contribution in [0.4, 0.5) is 10.1 Å². The van der Waals surface area contributed by atoms with Gasteiger partial charge in [-0.2, -0.15) is 5.26 Å². The van der Waals surface area contributed by atoms with Gasteiger partial charge in [0.1, 0.15) is 5.82 Å². The molecule has 0 saturated carbocycles. The van der Waals surface area contributed by atoms with E-state index in [0.29, 0.717) is 5.56 Å². The number of benzene rings is 2. The Bertz CT molecular complexity index is 719. The molecule has 0 amide bonds. The van der Waals surface area contributed by atoms with Gasteiger partial charge in [0.2, 0.25) is 0 Å². The Labute approximate surface area is 129 Å². The molecule has 1 atom stereocenters. The number of hydrogen-bond donors (Lipinski definition) is 0. The Kier molecular flexibility index (Phi) is 4.41. The quantitative estimate of drug-likeness (QED) is 0.607. The van der Waals surface area contributed by atoms with E-state index in [2.05, 4.69) is 0 Å². The molecule has 0 fully saturated rings. The third-order valence-corrected chi connectivity index (χ3v) is 3.52. The first-order valence-corrected chi connectivity index (χ1v) is 6.48. The minimum Gasteiger partial charge on any atom is -0.258 e. The molecule has 2 aromatic rings. The van der Waals surface area contributed by atoms with Gasteiger partial charge in [0.05, 0.1) is 27.0 Å². The molecule has 2 aromatic carbocycles. The van der Waals surface area contributed by atoms with Crippen LogP contribution in [0, 0.1) is 27.3 Å². The van der Waals surface area contributed by atoms with Crippen molar-refractivity contribution >= 4 is 28.9 Å². The molecular formula is C14H7Cl2FN2O2. The van der Waals surface area contributed by atoms with Crippen LogP contribution in [-0.2, 0) is 0 Å².